The van der Waals surface area contributed by atoms with Crippen LogP contribution in [-0.4, -0.2) is 42.6 Å². The smallest absolute Gasteiger partial charge is 0.250 e. The number of halogens is 2. The molecule has 1 heterocycles. The number of hydrogen-bond donors (Lipinski definition) is 1. The van der Waals surface area contributed by atoms with Crippen LogP contribution in [0.2, 0.25) is 10.0 Å². The highest BCUT2D eigenvalue weighted by molar-refractivity contribution is 8.01. The van der Waals surface area contributed by atoms with Gasteiger partial charge in [-0.3, -0.25) is 14.4 Å². The van der Waals surface area contributed by atoms with Crippen LogP contribution in [0.4, 0.5) is 10.8 Å². The first-order chi connectivity index (χ1) is 13.5. The molecule has 0 unspecified atom stereocenters. The maximum Gasteiger partial charge on any atom is 0.250 e. The van der Waals surface area contributed by atoms with Gasteiger partial charge in [0.05, 0.1) is 11.9 Å². The first-order valence-electron chi connectivity index (χ1n) is 8.74. The number of nitrogens with zero attached hydrogens (tertiary/aromatic N) is 3. The molecule has 29 heavy (non-hydrogen) atoms. The normalized spacial score (nSPS) is 12.8. The van der Waals surface area contributed by atoms with Gasteiger partial charge in [0.1, 0.15) is 6.04 Å². The van der Waals surface area contributed by atoms with Crippen molar-refractivity contribution in [3.63, 3.8) is 0 Å². The lowest BCUT2D eigenvalue weighted by Gasteiger charge is -2.30. The number of anilines is 2. The van der Waals surface area contributed by atoms with E-state index in [9.17, 15) is 13.2 Å². The number of rotatable bonds is 9. The molecule has 2 aromatic rings. The molecule has 0 bridgehead atoms. The van der Waals surface area contributed by atoms with E-state index in [-0.39, 0.29) is 22.2 Å². The second-order valence-electron chi connectivity index (χ2n) is 6.68. The molecule has 0 aliphatic carbocycles. The van der Waals surface area contributed by atoms with E-state index in [4.69, 9.17) is 23.2 Å². The summed E-state index contributed by atoms with van der Waals surface area (Å²) in [6, 6.07) is 3.40. The zero-order valence-electron chi connectivity index (χ0n) is 16.3. The first-order valence-corrected chi connectivity index (χ1v) is 13.1. The maximum absolute atomic E-state index is 12.9. The van der Waals surface area contributed by atoms with Gasteiger partial charge in [-0.1, -0.05) is 67.1 Å². The third kappa shape index (κ3) is 6.99. The van der Waals surface area contributed by atoms with Gasteiger partial charge in [0.2, 0.25) is 21.1 Å². The van der Waals surface area contributed by atoms with Gasteiger partial charge in [0.25, 0.3) is 0 Å². The molecule has 2 rings (SSSR count). The van der Waals surface area contributed by atoms with Crippen LogP contribution in [0.15, 0.2) is 22.5 Å². The predicted octanol–water partition coefficient (Wildman–Crippen LogP) is 4.78. The summed E-state index contributed by atoms with van der Waals surface area (Å²) in [6.45, 7) is 5.92. The number of aromatic nitrogens is 2. The first kappa shape index (κ1) is 24.2. The Morgan fingerprint density at radius 2 is 1.86 bits per heavy atom. The fraction of sp³-hybridized carbons (Fsp3) is 0.471. The molecular formula is C17H22Cl2N4O3S3. The lowest BCUT2D eigenvalue weighted by molar-refractivity contribution is -0.117. The Hall–Kier alpha value is -1.07. The van der Waals surface area contributed by atoms with Crippen LogP contribution in [0.3, 0.4) is 0 Å². The zero-order chi connectivity index (χ0) is 21.8. The summed E-state index contributed by atoms with van der Waals surface area (Å²) in [5.41, 5.74) is 0.220. The van der Waals surface area contributed by atoms with Gasteiger partial charge in [0, 0.05) is 15.8 Å². The number of nitrogens with one attached hydrogen (secondary N) is 1. The Morgan fingerprint density at radius 3 is 2.38 bits per heavy atom. The van der Waals surface area contributed by atoms with Crippen LogP contribution in [0.5, 0.6) is 0 Å². The van der Waals surface area contributed by atoms with Crippen molar-refractivity contribution in [2.45, 2.75) is 37.6 Å². The monoisotopic (exact) mass is 496 g/mol. The molecule has 0 spiro atoms. The van der Waals surface area contributed by atoms with Crippen LogP contribution in [-0.2, 0) is 14.8 Å². The summed E-state index contributed by atoms with van der Waals surface area (Å²) < 4.78 is 26.8. The minimum atomic E-state index is -3.79. The van der Waals surface area contributed by atoms with Crippen molar-refractivity contribution in [3.05, 3.63) is 28.2 Å². The van der Waals surface area contributed by atoms with E-state index in [1.807, 2.05) is 0 Å². The molecule has 1 aromatic heterocycles. The Labute approximate surface area is 189 Å². The van der Waals surface area contributed by atoms with Gasteiger partial charge in [-0.2, -0.15) is 0 Å². The molecule has 0 aliphatic heterocycles. The van der Waals surface area contributed by atoms with Crippen molar-refractivity contribution in [1.29, 1.82) is 0 Å². The molecule has 0 aliphatic rings. The molecule has 0 saturated heterocycles. The Morgan fingerprint density at radius 1 is 1.24 bits per heavy atom. The third-order valence-electron chi connectivity index (χ3n) is 3.61. The molecule has 7 nitrogen and oxygen atoms in total. The molecule has 1 aromatic carbocycles. The molecule has 160 valence electrons. The molecule has 0 saturated carbocycles. The number of benzene rings is 1. The zero-order valence-corrected chi connectivity index (χ0v) is 20.3. The van der Waals surface area contributed by atoms with Gasteiger partial charge in [-0.05, 0) is 30.5 Å². The second-order valence-corrected chi connectivity index (χ2v) is 11.7. The van der Waals surface area contributed by atoms with Gasteiger partial charge < -0.3 is 0 Å². The maximum atomic E-state index is 12.9. The number of thioether (sulfide) groups is 1. The summed E-state index contributed by atoms with van der Waals surface area (Å²) in [7, 11) is -3.79. The van der Waals surface area contributed by atoms with Gasteiger partial charge >= 0.3 is 0 Å². The molecule has 1 atom stereocenters. The minimum Gasteiger partial charge on any atom is -0.299 e. The molecule has 0 fully saturated rings. The van der Waals surface area contributed by atoms with E-state index in [1.54, 1.807) is 18.7 Å². The number of amides is 1. The summed E-state index contributed by atoms with van der Waals surface area (Å²) in [6.07, 6.45) is 1.26. The van der Waals surface area contributed by atoms with Gasteiger partial charge in [-0.25, -0.2) is 8.42 Å². The van der Waals surface area contributed by atoms with Crippen molar-refractivity contribution < 1.29 is 13.2 Å². The average molecular weight is 497 g/mol. The minimum absolute atomic E-state index is 0.220. The summed E-state index contributed by atoms with van der Waals surface area (Å²) in [5.74, 6) is 0.877. The molecule has 12 heteroatoms. The van der Waals surface area contributed by atoms with Crippen molar-refractivity contribution in [3.8, 4) is 0 Å². The Bertz CT molecular complexity index is 946. The van der Waals surface area contributed by atoms with Crippen molar-refractivity contribution >= 4 is 73.0 Å². The van der Waals surface area contributed by atoms with E-state index in [2.05, 4.69) is 29.4 Å². The highest BCUT2D eigenvalue weighted by atomic mass is 35.5. The van der Waals surface area contributed by atoms with Crippen LogP contribution in [0.1, 0.15) is 27.2 Å². The number of carbonyl (C=O) groups excluding carboxylic acids is 1. The predicted molar refractivity (Wildman–Crippen MR) is 122 cm³/mol. The lowest BCUT2D eigenvalue weighted by Crippen LogP contribution is -2.47. The van der Waals surface area contributed by atoms with Crippen LogP contribution < -0.4 is 9.62 Å². The van der Waals surface area contributed by atoms with Gasteiger partial charge in [-0.15, -0.1) is 10.2 Å². The molecule has 1 N–H and O–H groups in total. The number of carbonyl (C=O) groups is 1. The summed E-state index contributed by atoms with van der Waals surface area (Å²) >= 11 is 14.9. The van der Waals surface area contributed by atoms with E-state index in [0.29, 0.717) is 11.0 Å². The fourth-order valence-corrected chi connectivity index (χ4v) is 5.91. The molecule has 0 radical (unpaired) electrons. The van der Waals surface area contributed by atoms with E-state index >= 15 is 0 Å². The Kier molecular flexibility index (Phi) is 8.59. The second kappa shape index (κ2) is 10.3. The lowest BCUT2D eigenvalue weighted by atomic mass is 10.2. The summed E-state index contributed by atoms with van der Waals surface area (Å²) in [4.78, 5) is 12.9. The quantitative estimate of drug-likeness (QED) is 0.396. The standard InChI is InChI=1S/C17H22Cl2N4O3S3/c1-5-14(15(24)20-16-21-22-17(28-16)27-9-10(2)3)23(29(4,25)26)13-7-11(18)6-12(19)8-13/h6-8,10,14H,5,9H2,1-4H3,(H,20,21,24)/t14-/m0/s1. The fourth-order valence-electron chi connectivity index (χ4n) is 2.47. The topological polar surface area (TPSA) is 92.3 Å². The van der Waals surface area contributed by atoms with Crippen molar-refractivity contribution in [2.75, 3.05) is 21.6 Å². The number of sulfonamides is 1. The summed E-state index contributed by atoms with van der Waals surface area (Å²) in [5, 5.41) is 11.6. The van der Waals surface area contributed by atoms with Crippen molar-refractivity contribution in [2.24, 2.45) is 5.92 Å². The molecule has 1 amide bonds. The van der Waals surface area contributed by atoms with Crippen molar-refractivity contribution in [1.82, 2.24) is 10.2 Å². The van der Waals surface area contributed by atoms with Gasteiger partial charge in [0.15, 0.2) is 4.34 Å². The van der Waals surface area contributed by atoms with Crippen LogP contribution in [0.25, 0.3) is 0 Å². The SMILES string of the molecule is CC[C@@H](C(=O)Nc1nnc(SCC(C)C)s1)N(c1cc(Cl)cc(Cl)c1)S(C)(=O)=O. The third-order valence-corrected chi connectivity index (χ3v) is 7.62. The van der Waals surface area contributed by atoms with E-state index in [1.165, 1.54) is 29.5 Å². The van der Waals surface area contributed by atoms with Crippen LogP contribution >= 0.6 is 46.3 Å². The van der Waals surface area contributed by atoms with E-state index < -0.39 is 22.0 Å². The molecular weight excluding hydrogens is 475 g/mol. The largest absolute Gasteiger partial charge is 0.299 e. The van der Waals surface area contributed by atoms with Crippen LogP contribution in [0, 0.1) is 5.92 Å². The van der Waals surface area contributed by atoms with E-state index in [0.717, 1.165) is 20.7 Å². The average Bonchev–Trinajstić information content (AvgIpc) is 3.02. The number of hydrogen-bond acceptors (Lipinski definition) is 7. The highest BCUT2D eigenvalue weighted by Crippen LogP contribution is 2.31. The Balaban J connectivity index is 2.27. The highest BCUT2D eigenvalue weighted by Gasteiger charge is 2.32.